The van der Waals surface area contributed by atoms with Gasteiger partial charge in [0.2, 0.25) is 0 Å². The lowest BCUT2D eigenvalue weighted by Gasteiger charge is -1.63. The zero-order valence-corrected chi connectivity index (χ0v) is 2.90. The van der Waals surface area contributed by atoms with Gasteiger partial charge in [0.15, 0.2) is 0 Å². The summed E-state index contributed by atoms with van der Waals surface area (Å²) in [4.78, 5) is 9.58. The van der Waals surface area contributed by atoms with Crippen LogP contribution in [0.25, 0.3) is 0 Å². The molecule has 0 amide bonds. The van der Waals surface area contributed by atoms with Gasteiger partial charge in [0.25, 0.3) is 0 Å². The SMILES string of the molecule is [CH2+]C(=O)CN. The average Bonchev–Trinajstić information content (AvgIpc) is 1.38. The molecule has 0 bridgehead atoms. The maximum atomic E-state index is 9.58. The number of carbonyl (C=O) groups excluding carboxylic acids is 1. The Morgan fingerprint density at radius 1 is 2.00 bits per heavy atom. The van der Waals surface area contributed by atoms with Crippen LogP contribution in [-0.2, 0) is 4.79 Å². The maximum Gasteiger partial charge on any atom is 0.316 e. The van der Waals surface area contributed by atoms with Gasteiger partial charge in [-0.2, -0.15) is 0 Å². The quantitative estimate of drug-likeness (QED) is 0.418. The van der Waals surface area contributed by atoms with Crippen molar-refractivity contribution in [2.75, 3.05) is 6.54 Å². The molecule has 0 aliphatic rings. The lowest BCUT2D eigenvalue weighted by Crippen LogP contribution is -2.08. The molecule has 5 heavy (non-hydrogen) atoms. The molecule has 2 heteroatoms. The van der Waals surface area contributed by atoms with Gasteiger partial charge < -0.3 is 5.73 Å². The van der Waals surface area contributed by atoms with E-state index in [1.165, 1.54) is 0 Å². The summed E-state index contributed by atoms with van der Waals surface area (Å²) in [6, 6.07) is 0. The highest BCUT2D eigenvalue weighted by Gasteiger charge is 1.88. The summed E-state index contributed by atoms with van der Waals surface area (Å²) in [7, 11) is 0. The second kappa shape index (κ2) is 1.79. The van der Waals surface area contributed by atoms with E-state index in [-0.39, 0.29) is 12.3 Å². The summed E-state index contributed by atoms with van der Waals surface area (Å²) >= 11 is 0. The maximum absolute atomic E-state index is 9.58. The van der Waals surface area contributed by atoms with Gasteiger partial charge in [-0.1, -0.05) is 0 Å². The fourth-order valence-corrected chi connectivity index (χ4v) is 0. The summed E-state index contributed by atoms with van der Waals surface area (Å²) < 4.78 is 0. The standard InChI is InChI=1S/C3H6NO/c1-3(5)2-4/h1-2,4H2/q+1. The van der Waals surface area contributed by atoms with Crippen molar-refractivity contribution in [3.05, 3.63) is 6.92 Å². The number of rotatable bonds is 1. The molecule has 0 saturated carbocycles. The molecule has 0 atom stereocenters. The lowest BCUT2D eigenvalue weighted by molar-refractivity contribution is -0.113. The lowest BCUT2D eigenvalue weighted by atomic mass is 10.5. The van der Waals surface area contributed by atoms with Gasteiger partial charge in [0.1, 0.15) is 6.92 Å². The topological polar surface area (TPSA) is 43.1 Å². The first-order chi connectivity index (χ1) is 2.27. The molecule has 0 radical (unpaired) electrons. The molecule has 0 aromatic rings. The second-order valence-electron chi connectivity index (χ2n) is 0.743. The second-order valence-corrected chi connectivity index (χ2v) is 0.743. The zero-order chi connectivity index (χ0) is 4.28. The van der Waals surface area contributed by atoms with Crippen LogP contribution in [0.15, 0.2) is 0 Å². The summed E-state index contributed by atoms with van der Waals surface area (Å²) in [5.74, 6) is -0.218. The fraction of sp³-hybridized carbons (Fsp3) is 0.333. The first-order valence-electron chi connectivity index (χ1n) is 1.32. The predicted octanol–water partition coefficient (Wildman–Crippen LogP) is -0.652. The number of nitrogens with two attached hydrogens (primary N) is 1. The minimum absolute atomic E-state index is 0.0556. The van der Waals surface area contributed by atoms with Gasteiger partial charge >= 0.3 is 5.78 Å². The molecule has 0 aliphatic carbocycles. The van der Waals surface area contributed by atoms with Crippen LogP contribution in [0.1, 0.15) is 0 Å². The highest BCUT2D eigenvalue weighted by Crippen LogP contribution is 1.50. The normalized spacial score (nSPS) is 7.40. The van der Waals surface area contributed by atoms with Gasteiger partial charge in [-0.25, -0.2) is 4.79 Å². The molecule has 0 rings (SSSR count). The average molecular weight is 72.1 g/mol. The van der Waals surface area contributed by atoms with Gasteiger partial charge in [-0.15, -0.1) is 0 Å². The third-order valence-electron chi connectivity index (χ3n) is 0.228. The van der Waals surface area contributed by atoms with E-state index in [1.54, 1.807) is 0 Å². The van der Waals surface area contributed by atoms with Crippen LogP contribution >= 0.6 is 0 Å². The van der Waals surface area contributed by atoms with Crippen LogP contribution in [0, 0.1) is 6.92 Å². The molecule has 0 unspecified atom stereocenters. The zero-order valence-electron chi connectivity index (χ0n) is 2.90. The van der Waals surface area contributed by atoms with E-state index in [1.807, 2.05) is 0 Å². The molecule has 28 valence electrons. The summed E-state index contributed by atoms with van der Waals surface area (Å²) in [5, 5.41) is 0. The van der Waals surface area contributed by atoms with E-state index in [0.29, 0.717) is 0 Å². The Kier molecular flexibility index (Phi) is 1.61. The molecular weight excluding hydrogens is 66.0 g/mol. The van der Waals surface area contributed by atoms with Crippen molar-refractivity contribution in [2.45, 2.75) is 0 Å². The molecule has 2 nitrogen and oxygen atoms in total. The molecule has 0 aromatic carbocycles. The number of hydrogen-bond donors (Lipinski definition) is 1. The van der Waals surface area contributed by atoms with Crippen LogP contribution in [-0.4, -0.2) is 12.3 Å². The van der Waals surface area contributed by atoms with Crippen LogP contribution in [0.4, 0.5) is 0 Å². The monoisotopic (exact) mass is 72.0 g/mol. The molecule has 2 N–H and O–H groups in total. The molecule has 0 aliphatic heterocycles. The third kappa shape index (κ3) is 3.50. The molecule has 0 aromatic heterocycles. The van der Waals surface area contributed by atoms with E-state index < -0.39 is 0 Å². The van der Waals surface area contributed by atoms with Gasteiger partial charge in [-0.3, -0.25) is 0 Å². The minimum Gasteiger partial charge on any atom is -0.320 e. The largest absolute Gasteiger partial charge is 0.320 e. The molecule has 0 spiro atoms. The number of ketones is 1. The van der Waals surface area contributed by atoms with Gasteiger partial charge in [0, 0.05) is 0 Å². The molecule has 0 saturated heterocycles. The molecule has 0 fully saturated rings. The highest BCUT2D eigenvalue weighted by molar-refractivity contribution is 5.84. The Morgan fingerprint density at radius 3 is 2.20 bits per heavy atom. The summed E-state index contributed by atoms with van der Waals surface area (Å²) in [6.45, 7) is 3.05. The first-order valence-corrected chi connectivity index (χ1v) is 1.32. The summed E-state index contributed by atoms with van der Waals surface area (Å²) in [6.07, 6.45) is 0. The van der Waals surface area contributed by atoms with Gasteiger partial charge in [0.05, 0.1) is 6.54 Å². The van der Waals surface area contributed by atoms with Crippen molar-refractivity contribution in [2.24, 2.45) is 5.73 Å². The van der Waals surface area contributed by atoms with E-state index in [2.05, 4.69) is 6.92 Å². The Balaban J connectivity index is 2.85. The number of Topliss-reactive ketones (excluding diaryl/α,β-unsaturated/α-hetero) is 1. The number of hydrogen-bond acceptors (Lipinski definition) is 2. The van der Waals surface area contributed by atoms with Gasteiger partial charge in [-0.05, 0) is 0 Å². The minimum atomic E-state index is -0.218. The highest BCUT2D eigenvalue weighted by atomic mass is 16.1. The Labute approximate surface area is 31.0 Å². The van der Waals surface area contributed by atoms with E-state index in [9.17, 15) is 4.79 Å². The van der Waals surface area contributed by atoms with Crippen LogP contribution in [0.3, 0.4) is 0 Å². The van der Waals surface area contributed by atoms with Crippen molar-refractivity contribution in [1.82, 2.24) is 0 Å². The smallest absolute Gasteiger partial charge is 0.316 e. The van der Waals surface area contributed by atoms with Crippen molar-refractivity contribution in [3.8, 4) is 0 Å². The predicted molar refractivity (Wildman–Crippen MR) is 19.4 cm³/mol. The third-order valence-corrected chi connectivity index (χ3v) is 0.228. The van der Waals surface area contributed by atoms with Crippen LogP contribution < -0.4 is 5.73 Å². The Bertz CT molecular complexity index is 42.2. The van der Waals surface area contributed by atoms with Crippen molar-refractivity contribution < 1.29 is 4.79 Å². The van der Waals surface area contributed by atoms with Crippen molar-refractivity contribution in [3.63, 3.8) is 0 Å². The Morgan fingerprint density at radius 2 is 2.20 bits per heavy atom. The van der Waals surface area contributed by atoms with E-state index in [0.717, 1.165) is 0 Å². The van der Waals surface area contributed by atoms with E-state index in [4.69, 9.17) is 5.73 Å². The van der Waals surface area contributed by atoms with E-state index >= 15 is 0 Å². The van der Waals surface area contributed by atoms with Crippen molar-refractivity contribution in [1.29, 1.82) is 0 Å². The first kappa shape index (κ1) is 4.50. The molecular formula is C3H6NO+. The molecule has 0 heterocycles. The van der Waals surface area contributed by atoms with Crippen LogP contribution in [0.5, 0.6) is 0 Å². The Hall–Kier alpha value is -0.500. The van der Waals surface area contributed by atoms with Crippen molar-refractivity contribution >= 4 is 5.78 Å². The van der Waals surface area contributed by atoms with Crippen LogP contribution in [0.2, 0.25) is 0 Å². The number of carbonyl (C=O) groups is 1. The summed E-state index contributed by atoms with van der Waals surface area (Å²) in [5.41, 5.74) is 4.76. The fourth-order valence-electron chi connectivity index (χ4n) is 0.